The summed E-state index contributed by atoms with van der Waals surface area (Å²) >= 11 is 0. The number of rotatable bonds is 6. The smallest absolute Gasteiger partial charge is 0.160 e. The monoisotopic (exact) mass is 239 g/mol. The first-order valence-electron chi connectivity index (χ1n) is 5.86. The van der Waals surface area contributed by atoms with Gasteiger partial charge in [0, 0.05) is 12.1 Å². The van der Waals surface area contributed by atoms with Crippen LogP contribution in [0.4, 0.5) is 0 Å². The van der Waals surface area contributed by atoms with Gasteiger partial charge in [0.2, 0.25) is 0 Å². The molecule has 1 aromatic rings. The third kappa shape index (κ3) is 3.61. The van der Waals surface area contributed by atoms with Crippen molar-refractivity contribution in [3.05, 3.63) is 23.8 Å². The van der Waals surface area contributed by atoms with Gasteiger partial charge in [-0.05, 0) is 31.0 Å². The largest absolute Gasteiger partial charge is 0.504 e. The molecule has 0 aliphatic heterocycles. The second-order valence-corrected chi connectivity index (χ2v) is 4.11. The third-order valence-electron chi connectivity index (χ3n) is 2.90. The number of hydrogen-bond acceptors (Lipinski definition) is 4. The predicted molar refractivity (Wildman–Crippen MR) is 67.4 cm³/mol. The predicted octanol–water partition coefficient (Wildman–Crippen LogP) is 1.82. The number of ether oxygens (including phenoxy) is 1. The van der Waals surface area contributed by atoms with Gasteiger partial charge in [-0.1, -0.05) is 13.0 Å². The van der Waals surface area contributed by atoms with Crippen molar-refractivity contribution in [3.63, 3.8) is 0 Å². The van der Waals surface area contributed by atoms with E-state index in [1.54, 1.807) is 12.1 Å². The zero-order valence-electron chi connectivity index (χ0n) is 10.6. The maximum Gasteiger partial charge on any atom is 0.160 e. The Morgan fingerprint density at radius 1 is 1.41 bits per heavy atom. The number of aliphatic hydroxyl groups excluding tert-OH is 1. The first-order chi connectivity index (χ1) is 8.12. The van der Waals surface area contributed by atoms with Gasteiger partial charge in [0.25, 0.3) is 0 Å². The Morgan fingerprint density at radius 3 is 2.65 bits per heavy atom. The van der Waals surface area contributed by atoms with Crippen LogP contribution in [0, 0.1) is 0 Å². The zero-order valence-corrected chi connectivity index (χ0v) is 10.6. The van der Waals surface area contributed by atoms with E-state index in [2.05, 4.69) is 5.32 Å². The number of aliphatic hydroxyl groups is 1. The van der Waals surface area contributed by atoms with E-state index in [0.717, 1.165) is 12.0 Å². The van der Waals surface area contributed by atoms with Crippen molar-refractivity contribution in [2.24, 2.45) is 0 Å². The van der Waals surface area contributed by atoms with E-state index in [4.69, 9.17) is 9.84 Å². The summed E-state index contributed by atoms with van der Waals surface area (Å²) in [6.45, 7) is 4.16. The fourth-order valence-corrected chi connectivity index (χ4v) is 1.71. The maximum atomic E-state index is 9.51. The van der Waals surface area contributed by atoms with Crippen LogP contribution in [0.3, 0.4) is 0 Å². The molecule has 17 heavy (non-hydrogen) atoms. The fraction of sp³-hybridized carbons (Fsp3) is 0.538. The summed E-state index contributed by atoms with van der Waals surface area (Å²) < 4.78 is 5.07. The highest BCUT2D eigenvalue weighted by atomic mass is 16.5. The van der Waals surface area contributed by atoms with Gasteiger partial charge < -0.3 is 20.3 Å². The summed E-state index contributed by atoms with van der Waals surface area (Å²) in [4.78, 5) is 0. The minimum Gasteiger partial charge on any atom is -0.504 e. The number of phenols is 1. The Morgan fingerprint density at radius 2 is 2.12 bits per heavy atom. The number of aromatic hydroxyl groups is 1. The normalized spacial score (nSPS) is 14.4. The lowest BCUT2D eigenvalue weighted by molar-refractivity contribution is 0.230. The molecule has 1 aromatic carbocycles. The van der Waals surface area contributed by atoms with Crippen molar-refractivity contribution in [3.8, 4) is 11.5 Å². The first kappa shape index (κ1) is 13.8. The molecule has 4 nitrogen and oxygen atoms in total. The van der Waals surface area contributed by atoms with Crippen LogP contribution in [0.5, 0.6) is 11.5 Å². The number of phenolic OH excluding ortho intramolecular Hbond substituents is 1. The van der Waals surface area contributed by atoms with Crippen LogP contribution < -0.4 is 10.1 Å². The Kier molecular flexibility index (Phi) is 5.25. The summed E-state index contributed by atoms with van der Waals surface area (Å²) in [7, 11) is 1.53. The molecular formula is C13H21NO3. The van der Waals surface area contributed by atoms with Crippen molar-refractivity contribution in [2.75, 3.05) is 13.7 Å². The number of benzene rings is 1. The zero-order chi connectivity index (χ0) is 12.8. The quantitative estimate of drug-likeness (QED) is 0.708. The highest BCUT2D eigenvalue weighted by Gasteiger charge is 2.12. The van der Waals surface area contributed by atoms with Gasteiger partial charge in [0.05, 0.1) is 13.7 Å². The molecule has 0 saturated heterocycles. The fourth-order valence-electron chi connectivity index (χ4n) is 1.71. The number of hydrogen-bond donors (Lipinski definition) is 3. The molecule has 1 unspecified atom stereocenters. The molecule has 2 atom stereocenters. The highest BCUT2D eigenvalue weighted by molar-refractivity contribution is 5.42. The van der Waals surface area contributed by atoms with Crippen LogP contribution in [0.1, 0.15) is 31.9 Å². The van der Waals surface area contributed by atoms with Crippen molar-refractivity contribution >= 4 is 0 Å². The van der Waals surface area contributed by atoms with E-state index >= 15 is 0 Å². The van der Waals surface area contributed by atoms with Gasteiger partial charge in [-0.3, -0.25) is 0 Å². The second kappa shape index (κ2) is 6.47. The molecule has 0 saturated carbocycles. The van der Waals surface area contributed by atoms with Crippen molar-refractivity contribution < 1.29 is 14.9 Å². The van der Waals surface area contributed by atoms with Gasteiger partial charge in [-0.2, -0.15) is 0 Å². The molecule has 1 rings (SSSR count). The summed E-state index contributed by atoms with van der Waals surface area (Å²) in [6.07, 6.45) is 0.871. The van der Waals surface area contributed by atoms with Crippen molar-refractivity contribution in [1.82, 2.24) is 5.32 Å². The van der Waals surface area contributed by atoms with Crippen LogP contribution >= 0.6 is 0 Å². The number of nitrogens with one attached hydrogen (secondary N) is 1. The van der Waals surface area contributed by atoms with E-state index in [1.165, 1.54) is 7.11 Å². The first-order valence-corrected chi connectivity index (χ1v) is 5.86. The highest BCUT2D eigenvalue weighted by Crippen LogP contribution is 2.28. The lowest BCUT2D eigenvalue weighted by Crippen LogP contribution is -2.33. The minimum atomic E-state index is 0.0878. The van der Waals surface area contributed by atoms with E-state index in [0.29, 0.717) is 5.75 Å². The SMILES string of the molecule is CC[C@H](CO)NC(C)c1ccc(O)c(OC)c1. The molecule has 0 heterocycles. The van der Waals surface area contributed by atoms with Gasteiger partial charge in [0.1, 0.15) is 0 Å². The molecule has 96 valence electrons. The average Bonchev–Trinajstić information content (AvgIpc) is 2.36. The third-order valence-corrected chi connectivity index (χ3v) is 2.90. The lowest BCUT2D eigenvalue weighted by atomic mass is 10.1. The summed E-state index contributed by atoms with van der Waals surface area (Å²) in [5.74, 6) is 0.603. The van der Waals surface area contributed by atoms with Crippen LogP contribution in [0.15, 0.2) is 18.2 Å². The van der Waals surface area contributed by atoms with Crippen LogP contribution in [0.25, 0.3) is 0 Å². The van der Waals surface area contributed by atoms with Crippen LogP contribution in [0.2, 0.25) is 0 Å². The van der Waals surface area contributed by atoms with Gasteiger partial charge in [-0.25, -0.2) is 0 Å². The van der Waals surface area contributed by atoms with E-state index in [1.807, 2.05) is 19.9 Å². The Hall–Kier alpha value is -1.26. The summed E-state index contributed by atoms with van der Waals surface area (Å²) in [5.41, 5.74) is 1.02. The van der Waals surface area contributed by atoms with Crippen molar-refractivity contribution in [2.45, 2.75) is 32.4 Å². The number of methoxy groups -OCH3 is 1. The Balaban J connectivity index is 2.78. The maximum absolute atomic E-state index is 9.51. The molecule has 0 amide bonds. The lowest BCUT2D eigenvalue weighted by Gasteiger charge is -2.21. The minimum absolute atomic E-state index is 0.0878. The standard InChI is InChI=1S/C13H21NO3/c1-4-11(8-15)14-9(2)10-5-6-12(16)13(7-10)17-3/h5-7,9,11,14-16H,4,8H2,1-3H3/t9?,11-/m1/s1. The molecule has 0 bridgehead atoms. The molecule has 0 spiro atoms. The second-order valence-electron chi connectivity index (χ2n) is 4.11. The van der Waals surface area contributed by atoms with Crippen LogP contribution in [-0.2, 0) is 0 Å². The Bertz CT molecular complexity index is 351. The van der Waals surface area contributed by atoms with Gasteiger partial charge in [-0.15, -0.1) is 0 Å². The topological polar surface area (TPSA) is 61.7 Å². The van der Waals surface area contributed by atoms with Crippen LogP contribution in [-0.4, -0.2) is 30.0 Å². The van der Waals surface area contributed by atoms with E-state index in [9.17, 15) is 5.11 Å². The molecule has 4 heteroatoms. The van der Waals surface area contributed by atoms with E-state index in [-0.39, 0.29) is 24.4 Å². The molecule has 0 aromatic heterocycles. The molecule has 0 radical (unpaired) electrons. The molecule has 0 fully saturated rings. The molecular weight excluding hydrogens is 218 g/mol. The summed E-state index contributed by atoms with van der Waals surface area (Å²) in [5, 5.41) is 22.0. The molecule has 0 aliphatic rings. The summed E-state index contributed by atoms with van der Waals surface area (Å²) in [6, 6.07) is 5.45. The molecule has 3 N–H and O–H groups in total. The van der Waals surface area contributed by atoms with E-state index < -0.39 is 0 Å². The Labute approximate surface area is 102 Å². The molecule has 0 aliphatic carbocycles. The average molecular weight is 239 g/mol. The van der Waals surface area contributed by atoms with Gasteiger partial charge >= 0.3 is 0 Å². The van der Waals surface area contributed by atoms with Gasteiger partial charge in [0.15, 0.2) is 11.5 Å². The van der Waals surface area contributed by atoms with Crippen molar-refractivity contribution in [1.29, 1.82) is 0 Å².